The first kappa shape index (κ1) is 12.8. The molecule has 0 unspecified atom stereocenters. The van der Waals surface area contributed by atoms with E-state index >= 15 is 0 Å². The Labute approximate surface area is 97.3 Å². The Hall–Kier alpha value is -1.31. The van der Waals surface area contributed by atoms with Crippen LogP contribution >= 0.6 is 0 Å². The van der Waals surface area contributed by atoms with E-state index < -0.39 is 0 Å². The molecular weight excluding hydrogens is 200 g/mol. The highest BCUT2D eigenvalue weighted by molar-refractivity contribution is 5.75. The molecule has 0 heterocycles. The number of Topliss-reactive ketones (excluding diaryl/α,β-unsaturated/α-hetero) is 1. The van der Waals surface area contributed by atoms with Gasteiger partial charge in [-0.3, -0.25) is 0 Å². The highest BCUT2D eigenvalue weighted by atomic mass is 16.3. The van der Waals surface area contributed by atoms with Gasteiger partial charge in [-0.15, -0.1) is 0 Å². The lowest BCUT2D eigenvalue weighted by molar-refractivity contribution is -0.116. The normalized spacial score (nSPS) is 10.4. The molecule has 1 N–H and O–H groups in total. The van der Waals surface area contributed by atoms with Crippen molar-refractivity contribution >= 4 is 5.78 Å². The number of carbonyl (C=O) groups excluding carboxylic acids is 1. The largest absolute Gasteiger partial charge is 0.507 e. The van der Waals surface area contributed by atoms with Gasteiger partial charge >= 0.3 is 0 Å². The molecule has 0 aliphatic rings. The van der Waals surface area contributed by atoms with Crippen LogP contribution in [0.15, 0.2) is 12.1 Å². The van der Waals surface area contributed by atoms with Crippen LogP contribution in [0.1, 0.15) is 43.9 Å². The van der Waals surface area contributed by atoms with Gasteiger partial charge in [-0.05, 0) is 42.9 Å². The summed E-state index contributed by atoms with van der Waals surface area (Å²) in [5.41, 5.74) is 3.12. The van der Waals surface area contributed by atoms with E-state index in [-0.39, 0.29) is 5.78 Å². The summed E-state index contributed by atoms with van der Waals surface area (Å²) in [6.07, 6.45) is 3.01. The number of benzene rings is 1. The van der Waals surface area contributed by atoms with Crippen LogP contribution in [-0.2, 0) is 24.1 Å². The van der Waals surface area contributed by atoms with Crippen molar-refractivity contribution in [3.05, 3.63) is 28.8 Å². The van der Waals surface area contributed by atoms with E-state index in [0.29, 0.717) is 12.2 Å². The van der Waals surface area contributed by atoms with Gasteiger partial charge in [0.05, 0.1) is 0 Å². The second kappa shape index (κ2) is 5.69. The molecule has 16 heavy (non-hydrogen) atoms. The van der Waals surface area contributed by atoms with Crippen molar-refractivity contribution < 1.29 is 9.90 Å². The van der Waals surface area contributed by atoms with Gasteiger partial charge < -0.3 is 9.90 Å². The smallest absolute Gasteiger partial charge is 0.130 e. The minimum Gasteiger partial charge on any atom is -0.507 e. The summed E-state index contributed by atoms with van der Waals surface area (Å²) in [6.45, 7) is 5.67. The van der Waals surface area contributed by atoms with Crippen molar-refractivity contribution in [1.29, 1.82) is 0 Å². The fourth-order valence-electron chi connectivity index (χ4n) is 1.84. The molecule has 0 aromatic heterocycles. The highest BCUT2D eigenvalue weighted by Gasteiger charge is 2.07. The molecule has 0 amide bonds. The molecule has 0 atom stereocenters. The lowest BCUT2D eigenvalue weighted by Crippen LogP contribution is -1.97. The maximum absolute atomic E-state index is 10.9. The summed E-state index contributed by atoms with van der Waals surface area (Å²) in [6, 6.07) is 4.02. The highest BCUT2D eigenvalue weighted by Crippen LogP contribution is 2.26. The van der Waals surface area contributed by atoms with Crippen LogP contribution in [0.25, 0.3) is 0 Å². The van der Waals surface area contributed by atoms with Gasteiger partial charge in [0, 0.05) is 6.42 Å². The Morgan fingerprint density at radius 1 is 1.19 bits per heavy atom. The summed E-state index contributed by atoms with van der Waals surface area (Å²) in [5, 5.41) is 9.92. The Morgan fingerprint density at radius 3 is 2.06 bits per heavy atom. The Kier molecular flexibility index (Phi) is 4.53. The monoisotopic (exact) mass is 220 g/mol. The Morgan fingerprint density at radius 2 is 1.69 bits per heavy atom. The molecule has 2 heteroatoms. The molecule has 88 valence electrons. The van der Waals surface area contributed by atoms with Crippen LogP contribution < -0.4 is 0 Å². The van der Waals surface area contributed by atoms with Crippen molar-refractivity contribution in [1.82, 2.24) is 0 Å². The van der Waals surface area contributed by atoms with E-state index in [9.17, 15) is 9.90 Å². The van der Waals surface area contributed by atoms with E-state index in [1.807, 2.05) is 26.0 Å². The average Bonchev–Trinajstić information content (AvgIpc) is 2.27. The summed E-state index contributed by atoms with van der Waals surface area (Å²) < 4.78 is 0. The van der Waals surface area contributed by atoms with Crippen LogP contribution in [0.4, 0.5) is 0 Å². The number of phenols is 1. The van der Waals surface area contributed by atoms with E-state index in [0.717, 1.165) is 36.0 Å². The first-order chi connectivity index (χ1) is 7.58. The molecule has 1 aromatic rings. The summed E-state index contributed by atoms with van der Waals surface area (Å²) >= 11 is 0. The molecule has 0 bridgehead atoms. The maximum Gasteiger partial charge on any atom is 0.130 e. The van der Waals surface area contributed by atoms with E-state index in [4.69, 9.17) is 0 Å². The fraction of sp³-hybridized carbons (Fsp3) is 0.500. The molecule has 2 nitrogen and oxygen atoms in total. The molecule has 0 aliphatic carbocycles. The minimum absolute atomic E-state index is 0.212. The number of hydrogen-bond acceptors (Lipinski definition) is 2. The first-order valence-electron chi connectivity index (χ1n) is 5.91. The van der Waals surface area contributed by atoms with Crippen molar-refractivity contribution in [3.8, 4) is 5.75 Å². The SMILES string of the molecule is CCc1cc(CCC(C)=O)cc(CC)c1O. The lowest BCUT2D eigenvalue weighted by atomic mass is 9.98. The Balaban J connectivity index is 2.97. The zero-order valence-electron chi connectivity index (χ0n) is 10.3. The van der Waals surface area contributed by atoms with Crippen LogP contribution in [0.5, 0.6) is 5.75 Å². The van der Waals surface area contributed by atoms with Crippen LogP contribution in [0.2, 0.25) is 0 Å². The zero-order valence-corrected chi connectivity index (χ0v) is 10.3. The first-order valence-corrected chi connectivity index (χ1v) is 5.91. The molecule has 0 saturated carbocycles. The number of phenolic OH excluding ortho intramolecular Hbond substituents is 1. The van der Waals surface area contributed by atoms with Crippen LogP contribution in [0.3, 0.4) is 0 Å². The topological polar surface area (TPSA) is 37.3 Å². The average molecular weight is 220 g/mol. The molecule has 0 fully saturated rings. The van der Waals surface area contributed by atoms with Gasteiger partial charge in [0.15, 0.2) is 0 Å². The number of ketones is 1. The van der Waals surface area contributed by atoms with E-state index in [1.54, 1.807) is 6.92 Å². The summed E-state index contributed by atoms with van der Waals surface area (Å²) in [5.74, 6) is 0.640. The quantitative estimate of drug-likeness (QED) is 0.828. The van der Waals surface area contributed by atoms with Crippen molar-refractivity contribution in [2.75, 3.05) is 0 Å². The third kappa shape index (κ3) is 3.09. The molecule has 0 aliphatic heterocycles. The number of rotatable bonds is 5. The van der Waals surface area contributed by atoms with Crippen molar-refractivity contribution in [3.63, 3.8) is 0 Å². The predicted molar refractivity (Wildman–Crippen MR) is 65.9 cm³/mol. The van der Waals surface area contributed by atoms with Crippen molar-refractivity contribution in [2.24, 2.45) is 0 Å². The van der Waals surface area contributed by atoms with E-state index in [1.165, 1.54) is 0 Å². The fourth-order valence-corrected chi connectivity index (χ4v) is 1.84. The predicted octanol–water partition coefficient (Wildman–Crippen LogP) is 3.04. The van der Waals surface area contributed by atoms with Crippen LogP contribution in [0, 0.1) is 0 Å². The Bertz CT molecular complexity index is 355. The second-order valence-corrected chi connectivity index (χ2v) is 4.17. The minimum atomic E-state index is 0.212. The summed E-state index contributed by atoms with van der Waals surface area (Å²) in [7, 11) is 0. The standard InChI is InChI=1S/C14H20O2/c1-4-12-8-11(7-6-10(3)15)9-13(5-2)14(12)16/h8-9,16H,4-7H2,1-3H3. The molecule has 1 rings (SSSR count). The zero-order chi connectivity index (χ0) is 12.1. The third-order valence-electron chi connectivity index (χ3n) is 2.86. The number of aryl methyl sites for hydroxylation is 3. The van der Waals surface area contributed by atoms with Gasteiger partial charge in [-0.1, -0.05) is 26.0 Å². The maximum atomic E-state index is 10.9. The molecular formula is C14H20O2. The third-order valence-corrected chi connectivity index (χ3v) is 2.86. The van der Waals surface area contributed by atoms with Gasteiger partial charge in [-0.2, -0.15) is 0 Å². The van der Waals surface area contributed by atoms with Gasteiger partial charge in [0.2, 0.25) is 0 Å². The van der Waals surface area contributed by atoms with E-state index in [2.05, 4.69) is 0 Å². The van der Waals surface area contributed by atoms with Gasteiger partial charge in [0.1, 0.15) is 11.5 Å². The molecule has 1 aromatic carbocycles. The second-order valence-electron chi connectivity index (χ2n) is 4.17. The molecule has 0 saturated heterocycles. The number of aromatic hydroxyl groups is 1. The van der Waals surface area contributed by atoms with Gasteiger partial charge in [0.25, 0.3) is 0 Å². The molecule has 0 radical (unpaired) electrons. The van der Waals surface area contributed by atoms with Crippen molar-refractivity contribution in [2.45, 2.75) is 46.5 Å². The lowest BCUT2D eigenvalue weighted by Gasteiger charge is -2.10. The van der Waals surface area contributed by atoms with Gasteiger partial charge in [-0.25, -0.2) is 0 Å². The summed E-state index contributed by atoms with van der Waals surface area (Å²) in [4.78, 5) is 10.9. The number of hydrogen-bond donors (Lipinski definition) is 1. The molecule has 0 spiro atoms. The number of carbonyl (C=O) groups is 1. The van der Waals surface area contributed by atoms with Crippen LogP contribution in [-0.4, -0.2) is 10.9 Å².